The van der Waals surface area contributed by atoms with Crippen LogP contribution in [-0.4, -0.2) is 38.0 Å². The van der Waals surface area contributed by atoms with Crippen LogP contribution in [0.15, 0.2) is 48.5 Å². The van der Waals surface area contributed by atoms with E-state index < -0.39 is 5.97 Å². The highest BCUT2D eigenvalue weighted by Crippen LogP contribution is 2.31. The Morgan fingerprint density at radius 1 is 1.15 bits per heavy atom. The Morgan fingerprint density at radius 2 is 1.88 bits per heavy atom. The van der Waals surface area contributed by atoms with Gasteiger partial charge in [-0.25, -0.2) is 4.79 Å². The first-order valence-corrected chi connectivity index (χ1v) is 8.04. The van der Waals surface area contributed by atoms with Crippen molar-refractivity contribution in [2.45, 2.75) is 6.54 Å². The number of benzene rings is 2. The van der Waals surface area contributed by atoms with Gasteiger partial charge in [0.25, 0.3) is 5.91 Å². The van der Waals surface area contributed by atoms with Gasteiger partial charge in [0.15, 0.2) is 6.61 Å². The van der Waals surface area contributed by atoms with Crippen LogP contribution in [0.5, 0.6) is 5.75 Å². The summed E-state index contributed by atoms with van der Waals surface area (Å²) in [4.78, 5) is 37.1. The van der Waals surface area contributed by atoms with Gasteiger partial charge >= 0.3 is 5.97 Å². The zero-order valence-electron chi connectivity index (χ0n) is 14.2. The Kier molecular flexibility index (Phi) is 5.17. The number of fused-ring (bicyclic) bond motifs is 1. The molecule has 0 aromatic heterocycles. The van der Waals surface area contributed by atoms with E-state index in [1.54, 1.807) is 42.5 Å². The minimum Gasteiger partial charge on any atom is -0.482 e. The molecule has 7 heteroatoms. The first kappa shape index (κ1) is 17.5. The number of hydrogen-bond acceptors (Lipinski definition) is 5. The Morgan fingerprint density at radius 3 is 2.62 bits per heavy atom. The molecule has 0 unspecified atom stereocenters. The van der Waals surface area contributed by atoms with Crippen LogP contribution in [-0.2, 0) is 20.9 Å². The molecular weight excluding hydrogens is 336 g/mol. The second-order valence-corrected chi connectivity index (χ2v) is 5.70. The molecule has 1 heterocycles. The van der Waals surface area contributed by atoms with Gasteiger partial charge in [-0.3, -0.25) is 14.5 Å². The Labute approximate surface area is 150 Å². The fraction of sp³-hybridized carbons (Fsp3) is 0.211. The molecule has 2 amide bonds. The van der Waals surface area contributed by atoms with Crippen LogP contribution in [0, 0.1) is 0 Å². The number of carbonyl (C=O) groups is 3. The Hall–Kier alpha value is -3.35. The molecule has 3 rings (SSSR count). The lowest BCUT2D eigenvalue weighted by Crippen LogP contribution is -2.45. The predicted molar refractivity (Wildman–Crippen MR) is 93.9 cm³/mol. The van der Waals surface area contributed by atoms with E-state index in [1.807, 2.05) is 6.07 Å². The van der Waals surface area contributed by atoms with Gasteiger partial charge in [0, 0.05) is 6.54 Å². The molecule has 0 saturated carbocycles. The van der Waals surface area contributed by atoms with Gasteiger partial charge < -0.3 is 14.8 Å². The summed E-state index contributed by atoms with van der Waals surface area (Å²) in [6, 6.07) is 13.8. The van der Waals surface area contributed by atoms with Crippen molar-refractivity contribution in [3.63, 3.8) is 0 Å². The minimum absolute atomic E-state index is 0.0839. The monoisotopic (exact) mass is 354 g/mol. The van der Waals surface area contributed by atoms with Gasteiger partial charge in [-0.05, 0) is 29.8 Å². The summed E-state index contributed by atoms with van der Waals surface area (Å²) in [5, 5.41) is 2.77. The molecule has 0 radical (unpaired) electrons. The van der Waals surface area contributed by atoms with Gasteiger partial charge in [0.05, 0.1) is 18.4 Å². The molecule has 0 bridgehead atoms. The highest BCUT2D eigenvalue weighted by molar-refractivity contribution is 6.02. The second kappa shape index (κ2) is 7.69. The van der Waals surface area contributed by atoms with Gasteiger partial charge in [0.1, 0.15) is 12.3 Å². The number of esters is 1. The number of methoxy groups -OCH3 is 1. The topological polar surface area (TPSA) is 84.9 Å². The third-order valence-corrected chi connectivity index (χ3v) is 3.97. The van der Waals surface area contributed by atoms with Crippen LogP contribution in [0.4, 0.5) is 5.69 Å². The van der Waals surface area contributed by atoms with Crippen LogP contribution in [0.25, 0.3) is 0 Å². The number of rotatable bonds is 5. The number of amides is 2. The molecule has 0 saturated heterocycles. The van der Waals surface area contributed by atoms with E-state index in [0.717, 1.165) is 5.56 Å². The van der Waals surface area contributed by atoms with E-state index in [1.165, 1.54) is 12.0 Å². The molecule has 0 spiro atoms. The summed E-state index contributed by atoms with van der Waals surface area (Å²) >= 11 is 0. The quantitative estimate of drug-likeness (QED) is 0.823. The zero-order valence-corrected chi connectivity index (χ0v) is 14.2. The Bertz CT molecular complexity index is 832. The first-order chi connectivity index (χ1) is 12.6. The first-order valence-electron chi connectivity index (χ1n) is 8.04. The molecule has 2 aromatic carbocycles. The third-order valence-electron chi connectivity index (χ3n) is 3.97. The number of anilines is 1. The van der Waals surface area contributed by atoms with Crippen molar-refractivity contribution in [2.75, 3.05) is 25.2 Å². The number of nitrogens with zero attached hydrogens (tertiary/aromatic N) is 1. The van der Waals surface area contributed by atoms with E-state index in [0.29, 0.717) is 23.5 Å². The summed E-state index contributed by atoms with van der Waals surface area (Å²) in [5.74, 6) is -0.378. The fourth-order valence-corrected chi connectivity index (χ4v) is 2.60. The van der Waals surface area contributed by atoms with Gasteiger partial charge in [0.2, 0.25) is 5.91 Å². The van der Waals surface area contributed by atoms with Crippen molar-refractivity contribution < 1.29 is 23.9 Å². The fourth-order valence-electron chi connectivity index (χ4n) is 2.60. The SMILES string of the molecule is COC(=O)c1ccc(CNC(=O)CN2C(=O)COc3ccccc32)cc1. The van der Waals surface area contributed by atoms with E-state index in [9.17, 15) is 14.4 Å². The maximum Gasteiger partial charge on any atom is 0.337 e. The minimum atomic E-state index is -0.412. The average Bonchev–Trinajstić information content (AvgIpc) is 2.68. The van der Waals surface area contributed by atoms with Crippen LogP contribution >= 0.6 is 0 Å². The highest BCUT2D eigenvalue weighted by atomic mass is 16.5. The van der Waals surface area contributed by atoms with E-state index >= 15 is 0 Å². The van der Waals surface area contributed by atoms with Crippen molar-refractivity contribution >= 4 is 23.5 Å². The molecular formula is C19H18N2O5. The lowest BCUT2D eigenvalue weighted by Gasteiger charge is -2.28. The smallest absolute Gasteiger partial charge is 0.337 e. The summed E-state index contributed by atoms with van der Waals surface area (Å²) in [6.45, 7) is 0.124. The van der Waals surface area contributed by atoms with Gasteiger partial charge in [-0.2, -0.15) is 0 Å². The predicted octanol–water partition coefficient (Wildman–Crippen LogP) is 1.51. The van der Waals surface area contributed by atoms with Crippen LogP contribution in [0.2, 0.25) is 0 Å². The number of carbonyl (C=O) groups excluding carboxylic acids is 3. The molecule has 1 aliphatic rings. The van der Waals surface area contributed by atoms with Crippen molar-refractivity contribution in [2.24, 2.45) is 0 Å². The van der Waals surface area contributed by atoms with Gasteiger partial charge in [-0.1, -0.05) is 24.3 Å². The van der Waals surface area contributed by atoms with Crippen molar-refractivity contribution in [3.8, 4) is 5.75 Å². The molecule has 0 aliphatic carbocycles. The number of hydrogen-bond donors (Lipinski definition) is 1. The molecule has 0 atom stereocenters. The molecule has 7 nitrogen and oxygen atoms in total. The van der Waals surface area contributed by atoms with Crippen LogP contribution in [0.3, 0.4) is 0 Å². The van der Waals surface area contributed by atoms with Crippen LogP contribution in [0.1, 0.15) is 15.9 Å². The van der Waals surface area contributed by atoms with Crippen molar-refractivity contribution in [1.82, 2.24) is 5.32 Å². The molecule has 26 heavy (non-hydrogen) atoms. The highest BCUT2D eigenvalue weighted by Gasteiger charge is 2.26. The molecule has 134 valence electrons. The molecule has 0 fully saturated rings. The standard InChI is InChI=1S/C19H18N2O5/c1-25-19(24)14-8-6-13(7-9-14)10-20-17(22)11-21-15-4-2-3-5-16(15)26-12-18(21)23/h2-9H,10-12H2,1H3,(H,20,22). The number of nitrogens with one attached hydrogen (secondary N) is 1. The summed E-state index contributed by atoms with van der Waals surface area (Å²) in [7, 11) is 1.32. The normalized spacial score (nSPS) is 12.8. The van der Waals surface area contributed by atoms with E-state index in [-0.39, 0.29) is 25.0 Å². The zero-order chi connectivity index (χ0) is 18.5. The summed E-state index contributed by atoms with van der Waals surface area (Å²) < 4.78 is 10.00. The largest absolute Gasteiger partial charge is 0.482 e. The lowest BCUT2D eigenvalue weighted by molar-refractivity contribution is -0.125. The summed E-state index contributed by atoms with van der Waals surface area (Å²) in [5.41, 5.74) is 1.86. The number of ether oxygens (including phenoxy) is 2. The van der Waals surface area contributed by atoms with Crippen molar-refractivity contribution in [1.29, 1.82) is 0 Å². The van der Waals surface area contributed by atoms with E-state index in [4.69, 9.17) is 4.74 Å². The number of para-hydroxylation sites is 2. The molecule has 1 N–H and O–H groups in total. The van der Waals surface area contributed by atoms with E-state index in [2.05, 4.69) is 10.1 Å². The third kappa shape index (κ3) is 3.83. The van der Waals surface area contributed by atoms with Crippen molar-refractivity contribution in [3.05, 3.63) is 59.7 Å². The maximum absolute atomic E-state index is 12.2. The lowest BCUT2D eigenvalue weighted by atomic mass is 10.1. The molecule has 2 aromatic rings. The summed E-state index contributed by atoms with van der Waals surface area (Å²) in [6.07, 6.45) is 0. The van der Waals surface area contributed by atoms with Crippen LogP contribution < -0.4 is 15.0 Å². The maximum atomic E-state index is 12.2. The average molecular weight is 354 g/mol. The van der Waals surface area contributed by atoms with Gasteiger partial charge in [-0.15, -0.1) is 0 Å². The Balaban J connectivity index is 1.59. The molecule has 1 aliphatic heterocycles. The second-order valence-electron chi connectivity index (χ2n) is 5.70.